The molecule has 25 heavy (non-hydrogen) atoms. The molecule has 6 heteroatoms. The van der Waals surface area contributed by atoms with Crippen molar-refractivity contribution in [2.75, 3.05) is 10.6 Å². The molecule has 0 atom stereocenters. The zero-order valence-corrected chi connectivity index (χ0v) is 13.8. The topological polar surface area (TPSA) is 99.2 Å². The first-order valence-electron chi connectivity index (χ1n) is 7.60. The summed E-state index contributed by atoms with van der Waals surface area (Å²) in [6.45, 7) is 1.63. The van der Waals surface area contributed by atoms with Gasteiger partial charge in [-0.3, -0.25) is 14.5 Å². The van der Waals surface area contributed by atoms with Crippen LogP contribution in [0.3, 0.4) is 0 Å². The molecule has 0 unspecified atom stereocenters. The highest BCUT2D eigenvalue weighted by Gasteiger charge is 2.15. The zero-order chi connectivity index (χ0) is 18.2. The van der Waals surface area contributed by atoms with Crippen molar-refractivity contribution in [3.05, 3.63) is 71.9 Å². The highest BCUT2D eigenvalue weighted by Crippen LogP contribution is 2.19. The first-order chi connectivity index (χ1) is 12.0. The molecule has 2 amide bonds. The minimum atomic E-state index is -0.554. The first kappa shape index (κ1) is 17.8. The number of amides is 2. The van der Waals surface area contributed by atoms with Gasteiger partial charge >= 0.3 is 0 Å². The molecule has 2 aromatic rings. The van der Waals surface area contributed by atoms with E-state index in [-0.39, 0.29) is 18.0 Å². The highest BCUT2D eigenvalue weighted by molar-refractivity contribution is 6.01. The number of nitrogens with two attached hydrogens (primary N) is 1. The summed E-state index contributed by atoms with van der Waals surface area (Å²) >= 11 is 0. The SMILES string of the molecule is CC(=O)N(/C=C(/C#N)C(=O)NCc1ccccc1)c1cccc(N)c1. The molecule has 2 rings (SSSR count). The van der Waals surface area contributed by atoms with Crippen LogP contribution in [0.25, 0.3) is 0 Å². The second-order valence-electron chi connectivity index (χ2n) is 5.31. The van der Waals surface area contributed by atoms with Gasteiger partial charge in [-0.25, -0.2) is 0 Å². The Balaban J connectivity index is 2.19. The number of nitrogen functional groups attached to an aromatic ring is 1. The number of nitrogens with zero attached hydrogens (tertiary/aromatic N) is 2. The summed E-state index contributed by atoms with van der Waals surface area (Å²) in [6, 6.07) is 17.8. The van der Waals surface area contributed by atoms with Gasteiger partial charge in [-0.05, 0) is 23.8 Å². The maximum atomic E-state index is 12.2. The third kappa shape index (κ3) is 4.94. The van der Waals surface area contributed by atoms with Gasteiger partial charge in [0, 0.05) is 25.4 Å². The summed E-state index contributed by atoms with van der Waals surface area (Å²) in [5.74, 6) is -0.893. The van der Waals surface area contributed by atoms with Gasteiger partial charge in [0.2, 0.25) is 5.91 Å². The predicted molar refractivity (Wildman–Crippen MR) is 96.0 cm³/mol. The monoisotopic (exact) mass is 334 g/mol. The predicted octanol–water partition coefficient (Wildman–Crippen LogP) is 2.35. The van der Waals surface area contributed by atoms with Crippen LogP contribution in [0, 0.1) is 11.3 Å². The van der Waals surface area contributed by atoms with Crippen molar-refractivity contribution < 1.29 is 9.59 Å². The van der Waals surface area contributed by atoms with Crippen LogP contribution in [0.5, 0.6) is 0 Å². The van der Waals surface area contributed by atoms with Crippen molar-refractivity contribution in [1.29, 1.82) is 5.26 Å². The van der Waals surface area contributed by atoms with E-state index >= 15 is 0 Å². The van der Waals surface area contributed by atoms with E-state index in [4.69, 9.17) is 5.73 Å². The van der Waals surface area contributed by atoms with Crippen molar-refractivity contribution in [2.45, 2.75) is 13.5 Å². The molecular weight excluding hydrogens is 316 g/mol. The minimum Gasteiger partial charge on any atom is -0.399 e. The van der Waals surface area contributed by atoms with Crippen LogP contribution in [0.1, 0.15) is 12.5 Å². The van der Waals surface area contributed by atoms with Crippen LogP contribution in [0.15, 0.2) is 66.4 Å². The van der Waals surface area contributed by atoms with E-state index in [0.717, 1.165) is 5.56 Å². The average molecular weight is 334 g/mol. The minimum absolute atomic E-state index is 0.173. The molecule has 0 fully saturated rings. The number of nitrogens with one attached hydrogen (secondary N) is 1. The van der Waals surface area contributed by atoms with Gasteiger partial charge in [-0.1, -0.05) is 36.4 Å². The molecule has 0 heterocycles. The molecule has 2 aromatic carbocycles. The molecule has 3 N–H and O–H groups in total. The van der Waals surface area contributed by atoms with E-state index < -0.39 is 5.91 Å². The summed E-state index contributed by atoms with van der Waals surface area (Å²) in [6.07, 6.45) is 1.22. The van der Waals surface area contributed by atoms with Crippen LogP contribution in [-0.4, -0.2) is 11.8 Å². The van der Waals surface area contributed by atoms with E-state index in [0.29, 0.717) is 11.4 Å². The lowest BCUT2D eigenvalue weighted by Crippen LogP contribution is -2.28. The van der Waals surface area contributed by atoms with E-state index in [1.54, 1.807) is 24.3 Å². The molecule has 0 aliphatic carbocycles. The van der Waals surface area contributed by atoms with Gasteiger partial charge in [0.25, 0.3) is 5.91 Å². The Labute approximate surface area is 146 Å². The molecule has 0 saturated carbocycles. The highest BCUT2D eigenvalue weighted by atomic mass is 16.2. The summed E-state index contributed by atoms with van der Waals surface area (Å²) in [5.41, 5.74) is 7.42. The summed E-state index contributed by atoms with van der Waals surface area (Å²) in [5, 5.41) is 11.9. The summed E-state index contributed by atoms with van der Waals surface area (Å²) < 4.78 is 0. The standard InChI is InChI=1S/C19H18N4O2/c1-14(24)23(18-9-5-8-17(21)10-18)13-16(11-20)19(25)22-12-15-6-3-2-4-7-15/h2-10,13H,12,21H2,1H3,(H,22,25)/b16-13-. The molecule has 0 aliphatic heterocycles. The van der Waals surface area contributed by atoms with E-state index in [2.05, 4.69) is 5.32 Å². The second kappa shape index (κ2) is 8.31. The molecule has 0 radical (unpaired) electrons. The molecule has 0 aromatic heterocycles. The third-order valence-corrected chi connectivity index (χ3v) is 3.41. The largest absolute Gasteiger partial charge is 0.399 e. The van der Waals surface area contributed by atoms with E-state index in [9.17, 15) is 14.9 Å². The average Bonchev–Trinajstić information content (AvgIpc) is 2.61. The Bertz CT molecular complexity index is 838. The Kier molecular flexibility index (Phi) is 5.91. The van der Waals surface area contributed by atoms with E-state index in [1.807, 2.05) is 36.4 Å². The van der Waals surface area contributed by atoms with Crippen molar-refractivity contribution in [3.8, 4) is 6.07 Å². The van der Waals surface area contributed by atoms with Crippen LogP contribution in [0.4, 0.5) is 11.4 Å². The lowest BCUT2D eigenvalue weighted by atomic mass is 10.2. The fourth-order valence-electron chi connectivity index (χ4n) is 2.16. The lowest BCUT2D eigenvalue weighted by Gasteiger charge is -2.17. The quantitative estimate of drug-likeness (QED) is 0.498. The number of anilines is 2. The van der Waals surface area contributed by atoms with Crippen molar-refractivity contribution in [1.82, 2.24) is 5.32 Å². The van der Waals surface area contributed by atoms with Gasteiger partial charge < -0.3 is 11.1 Å². The maximum absolute atomic E-state index is 12.2. The zero-order valence-electron chi connectivity index (χ0n) is 13.8. The number of nitriles is 1. The second-order valence-corrected chi connectivity index (χ2v) is 5.31. The number of hydrogen-bond donors (Lipinski definition) is 2. The van der Waals surface area contributed by atoms with Crippen LogP contribution < -0.4 is 16.0 Å². The van der Waals surface area contributed by atoms with Crippen LogP contribution in [0.2, 0.25) is 0 Å². The Hall–Kier alpha value is -3.59. The third-order valence-electron chi connectivity index (χ3n) is 3.41. The number of carbonyl (C=O) groups excluding carboxylic acids is 2. The first-order valence-corrected chi connectivity index (χ1v) is 7.60. The Morgan fingerprint density at radius 2 is 1.92 bits per heavy atom. The smallest absolute Gasteiger partial charge is 0.263 e. The van der Waals surface area contributed by atoms with Gasteiger partial charge in [0.15, 0.2) is 0 Å². The Morgan fingerprint density at radius 3 is 2.52 bits per heavy atom. The normalized spacial score (nSPS) is 10.6. The summed E-state index contributed by atoms with van der Waals surface area (Å²) in [7, 11) is 0. The molecule has 0 saturated heterocycles. The molecule has 0 spiro atoms. The van der Waals surface area contributed by atoms with Crippen molar-refractivity contribution in [2.24, 2.45) is 0 Å². The lowest BCUT2D eigenvalue weighted by molar-refractivity contribution is -0.117. The number of benzene rings is 2. The Morgan fingerprint density at radius 1 is 1.20 bits per heavy atom. The van der Waals surface area contributed by atoms with Gasteiger partial charge in [0.1, 0.15) is 11.6 Å². The van der Waals surface area contributed by atoms with Crippen molar-refractivity contribution >= 4 is 23.2 Å². The van der Waals surface area contributed by atoms with Gasteiger partial charge in [-0.15, -0.1) is 0 Å². The van der Waals surface area contributed by atoms with Crippen LogP contribution in [-0.2, 0) is 16.1 Å². The van der Waals surface area contributed by atoms with E-state index in [1.165, 1.54) is 18.0 Å². The fourth-order valence-corrected chi connectivity index (χ4v) is 2.16. The molecule has 6 nitrogen and oxygen atoms in total. The van der Waals surface area contributed by atoms with Gasteiger partial charge in [0.05, 0.1) is 5.69 Å². The van der Waals surface area contributed by atoms with Crippen LogP contribution >= 0.6 is 0 Å². The molecule has 0 aliphatic rings. The molecule has 0 bridgehead atoms. The number of hydrogen-bond acceptors (Lipinski definition) is 4. The fraction of sp³-hybridized carbons (Fsp3) is 0.105. The molecular formula is C19H18N4O2. The molecule has 126 valence electrons. The number of carbonyl (C=O) groups is 2. The summed E-state index contributed by atoms with van der Waals surface area (Å²) in [4.78, 5) is 25.4. The van der Waals surface area contributed by atoms with Gasteiger partial charge in [-0.2, -0.15) is 5.26 Å². The number of rotatable bonds is 5. The maximum Gasteiger partial charge on any atom is 0.263 e. The van der Waals surface area contributed by atoms with Crippen molar-refractivity contribution in [3.63, 3.8) is 0 Å².